The minimum absolute atomic E-state index is 0.0562. The van der Waals surface area contributed by atoms with Gasteiger partial charge in [-0.15, -0.1) is 22.7 Å². The summed E-state index contributed by atoms with van der Waals surface area (Å²) in [6.07, 6.45) is 0.233. The van der Waals surface area contributed by atoms with Gasteiger partial charge in [0.15, 0.2) is 11.6 Å². The van der Waals surface area contributed by atoms with Crippen LogP contribution in [0.5, 0.6) is 5.75 Å². The molecule has 0 saturated carbocycles. The Morgan fingerprint density at radius 2 is 2.16 bits per heavy atom. The number of methoxy groups -OCH3 is 1. The van der Waals surface area contributed by atoms with Crippen molar-refractivity contribution in [1.29, 1.82) is 0 Å². The van der Waals surface area contributed by atoms with Crippen LogP contribution in [0.25, 0.3) is 9.88 Å². The maximum atomic E-state index is 13.8. The lowest BCUT2D eigenvalue weighted by Crippen LogP contribution is -2.27. The number of hydrogen-bond donors (Lipinski definition) is 0. The predicted octanol–water partition coefficient (Wildman–Crippen LogP) is 4.22. The smallest absolute Gasteiger partial charge is 0.228 e. The molecular formula is C18H17FN2O2S2. The third-order valence-electron chi connectivity index (χ3n) is 3.68. The molecule has 0 radical (unpaired) electrons. The maximum Gasteiger partial charge on any atom is 0.228 e. The van der Waals surface area contributed by atoms with Crippen molar-refractivity contribution in [3.05, 3.63) is 58.2 Å². The van der Waals surface area contributed by atoms with Crippen molar-refractivity contribution in [2.24, 2.45) is 0 Å². The van der Waals surface area contributed by atoms with Gasteiger partial charge in [0.05, 0.1) is 24.1 Å². The Morgan fingerprint density at radius 3 is 2.84 bits per heavy atom. The molecule has 2 aromatic heterocycles. The first-order chi connectivity index (χ1) is 12.1. The number of thiazole rings is 1. The molecular weight excluding hydrogens is 359 g/mol. The third-order valence-corrected chi connectivity index (χ3v) is 5.61. The summed E-state index contributed by atoms with van der Waals surface area (Å²) in [5, 5.41) is 4.84. The molecule has 0 unspecified atom stereocenters. The molecule has 25 heavy (non-hydrogen) atoms. The fraction of sp³-hybridized carbons (Fsp3) is 0.222. The number of thiophene rings is 1. The fourth-order valence-corrected chi connectivity index (χ4v) is 4.00. The molecule has 7 heteroatoms. The number of nitrogens with zero attached hydrogens (tertiary/aromatic N) is 2. The number of halogens is 1. The highest BCUT2D eigenvalue weighted by atomic mass is 32.1. The highest BCUT2D eigenvalue weighted by Crippen LogP contribution is 2.28. The van der Waals surface area contributed by atoms with Crippen LogP contribution in [0.4, 0.5) is 4.39 Å². The highest BCUT2D eigenvalue weighted by Gasteiger charge is 2.14. The van der Waals surface area contributed by atoms with Crippen molar-refractivity contribution < 1.29 is 13.9 Å². The van der Waals surface area contributed by atoms with Gasteiger partial charge in [-0.25, -0.2) is 9.37 Å². The van der Waals surface area contributed by atoms with E-state index < -0.39 is 5.82 Å². The van der Waals surface area contributed by atoms with Gasteiger partial charge < -0.3 is 9.64 Å². The number of amides is 1. The molecule has 0 fully saturated rings. The first-order valence-electron chi connectivity index (χ1n) is 7.61. The molecule has 0 aliphatic rings. The molecule has 0 atom stereocenters. The lowest BCUT2D eigenvalue weighted by molar-refractivity contribution is -0.129. The molecule has 1 aromatic carbocycles. The van der Waals surface area contributed by atoms with Crippen LogP contribution in [0.2, 0.25) is 0 Å². The number of hydrogen-bond acceptors (Lipinski definition) is 5. The van der Waals surface area contributed by atoms with Gasteiger partial charge in [-0.05, 0) is 29.1 Å². The van der Waals surface area contributed by atoms with E-state index in [0.717, 1.165) is 15.6 Å². The first-order valence-corrected chi connectivity index (χ1v) is 9.37. The second-order valence-electron chi connectivity index (χ2n) is 5.52. The fourth-order valence-electron chi connectivity index (χ4n) is 2.36. The molecule has 0 N–H and O–H groups in total. The average Bonchev–Trinajstić information content (AvgIpc) is 3.26. The number of benzene rings is 1. The van der Waals surface area contributed by atoms with Gasteiger partial charge in [0, 0.05) is 19.0 Å². The molecule has 1 amide bonds. The van der Waals surface area contributed by atoms with Crippen LogP contribution >= 0.6 is 22.7 Å². The van der Waals surface area contributed by atoms with Gasteiger partial charge in [0.25, 0.3) is 0 Å². The van der Waals surface area contributed by atoms with Crippen molar-refractivity contribution >= 4 is 28.6 Å². The summed E-state index contributed by atoms with van der Waals surface area (Å²) >= 11 is 3.16. The number of carbonyl (C=O) groups is 1. The Labute approximate surface area is 153 Å². The van der Waals surface area contributed by atoms with Gasteiger partial charge >= 0.3 is 0 Å². The minimum atomic E-state index is -0.430. The van der Waals surface area contributed by atoms with Crippen LogP contribution in [-0.4, -0.2) is 29.9 Å². The molecule has 0 saturated heterocycles. The molecule has 130 valence electrons. The van der Waals surface area contributed by atoms with Crippen LogP contribution in [0.15, 0.2) is 41.1 Å². The van der Waals surface area contributed by atoms with Crippen molar-refractivity contribution in [2.75, 3.05) is 14.2 Å². The van der Waals surface area contributed by atoms with Crippen molar-refractivity contribution in [1.82, 2.24) is 9.88 Å². The number of likely N-dealkylation sites (N-methyl/N-ethyl adjacent to an activating group) is 1. The van der Waals surface area contributed by atoms with Crippen molar-refractivity contribution in [3.8, 4) is 15.6 Å². The summed E-state index contributed by atoms with van der Waals surface area (Å²) in [6, 6.07) is 8.70. The van der Waals surface area contributed by atoms with E-state index in [4.69, 9.17) is 4.74 Å². The average molecular weight is 376 g/mol. The monoisotopic (exact) mass is 376 g/mol. The quantitative estimate of drug-likeness (QED) is 0.647. The highest BCUT2D eigenvalue weighted by molar-refractivity contribution is 7.20. The van der Waals surface area contributed by atoms with E-state index in [0.29, 0.717) is 12.1 Å². The summed E-state index contributed by atoms with van der Waals surface area (Å²) in [4.78, 5) is 19.6. The zero-order valence-electron chi connectivity index (χ0n) is 13.9. The van der Waals surface area contributed by atoms with Gasteiger partial charge in [-0.3, -0.25) is 4.79 Å². The standard InChI is InChI=1S/C18H17FN2O2S2/c1-21(10-12-5-6-15(23-2)14(19)8-12)17(22)9-13-11-25-18(20-13)16-4-3-7-24-16/h3-8,11H,9-10H2,1-2H3. The Hall–Kier alpha value is -2.25. The van der Waals surface area contributed by atoms with E-state index in [1.165, 1.54) is 24.5 Å². The molecule has 3 aromatic rings. The van der Waals surface area contributed by atoms with Gasteiger partial charge in [0.2, 0.25) is 5.91 Å². The molecule has 4 nitrogen and oxygen atoms in total. The summed E-state index contributed by atoms with van der Waals surface area (Å²) < 4.78 is 18.7. The Balaban J connectivity index is 1.62. The van der Waals surface area contributed by atoms with E-state index in [2.05, 4.69) is 4.98 Å². The summed E-state index contributed by atoms with van der Waals surface area (Å²) in [7, 11) is 3.13. The van der Waals surface area contributed by atoms with Gasteiger partial charge in [0.1, 0.15) is 5.01 Å². The zero-order valence-corrected chi connectivity index (χ0v) is 15.5. The second-order valence-corrected chi connectivity index (χ2v) is 7.32. The Kier molecular flexibility index (Phi) is 5.45. The van der Waals surface area contributed by atoms with E-state index in [1.54, 1.807) is 35.4 Å². The van der Waals surface area contributed by atoms with Crippen LogP contribution in [0, 0.1) is 5.82 Å². The zero-order chi connectivity index (χ0) is 17.8. The predicted molar refractivity (Wildman–Crippen MR) is 98.6 cm³/mol. The van der Waals surface area contributed by atoms with Gasteiger partial charge in [-0.2, -0.15) is 0 Å². The first kappa shape index (κ1) is 17.6. The number of ether oxygens (including phenoxy) is 1. The van der Waals surface area contributed by atoms with E-state index in [-0.39, 0.29) is 18.1 Å². The molecule has 0 aliphatic carbocycles. The SMILES string of the molecule is COc1ccc(CN(C)C(=O)Cc2csc(-c3cccs3)n2)cc1F. The number of rotatable bonds is 6. The molecule has 0 bridgehead atoms. The topological polar surface area (TPSA) is 42.4 Å². The van der Waals surface area contributed by atoms with Crippen molar-refractivity contribution in [3.63, 3.8) is 0 Å². The maximum absolute atomic E-state index is 13.8. The van der Waals surface area contributed by atoms with Crippen molar-refractivity contribution in [2.45, 2.75) is 13.0 Å². The number of aromatic nitrogens is 1. The lowest BCUT2D eigenvalue weighted by Gasteiger charge is -2.17. The van der Waals surface area contributed by atoms with Crippen LogP contribution in [0.3, 0.4) is 0 Å². The Bertz CT molecular complexity index is 862. The molecule has 2 heterocycles. The third kappa shape index (κ3) is 4.24. The molecule has 0 spiro atoms. The largest absolute Gasteiger partial charge is 0.494 e. The Morgan fingerprint density at radius 1 is 1.32 bits per heavy atom. The normalized spacial score (nSPS) is 10.7. The number of carbonyl (C=O) groups excluding carboxylic acids is 1. The van der Waals surface area contributed by atoms with Crippen LogP contribution in [-0.2, 0) is 17.8 Å². The summed E-state index contributed by atoms with van der Waals surface area (Å²) in [5.74, 6) is -0.290. The second kappa shape index (κ2) is 7.76. The van der Waals surface area contributed by atoms with Crippen LogP contribution in [0.1, 0.15) is 11.3 Å². The lowest BCUT2D eigenvalue weighted by atomic mass is 10.2. The molecule has 3 rings (SSSR count). The molecule has 0 aliphatic heterocycles. The van der Waals surface area contributed by atoms with E-state index in [1.807, 2.05) is 22.9 Å². The summed E-state index contributed by atoms with van der Waals surface area (Å²) in [5.41, 5.74) is 1.47. The summed E-state index contributed by atoms with van der Waals surface area (Å²) in [6.45, 7) is 0.335. The van der Waals surface area contributed by atoms with Gasteiger partial charge in [-0.1, -0.05) is 12.1 Å². The van der Waals surface area contributed by atoms with E-state index in [9.17, 15) is 9.18 Å². The van der Waals surface area contributed by atoms with Crippen LogP contribution < -0.4 is 4.74 Å². The van der Waals surface area contributed by atoms with E-state index >= 15 is 0 Å². The minimum Gasteiger partial charge on any atom is -0.494 e.